The monoisotopic (exact) mass is 260 g/mol. The van der Waals surface area contributed by atoms with Crippen LogP contribution in [0, 0.1) is 0 Å². The maximum Gasteiger partial charge on any atom is 0.133 e. The molecular formula is C14H20N4O. The van der Waals surface area contributed by atoms with E-state index in [2.05, 4.69) is 39.8 Å². The summed E-state index contributed by atoms with van der Waals surface area (Å²) in [5.74, 6) is 1.00. The summed E-state index contributed by atoms with van der Waals surface area (Å²) in [4.78, 5) is 0. The second-order valence-corrected chi connectivity index (χ2v) is 4.53. The van der Waals surface area contributed by atoms with Gasteiger partial charge >= 0.3 is 0 Å². The van der Waals surface area contributed by atoms with Crippen LogP contribution in [0.25, 0.3) is 0 Å². The van der Waals surface area contributed by atoms with Crippen LogP contribution in [0.4, 0.5) is 0 Å². The molecule has 0 radical (unpaired) electrons. The molecule has 0 aliphatic carbocycles. The molecule has 0 saturated heterocycles. The van der Waals surface area contributed by atoms with Gasteiger partial charge in [0.1, 0.15) is 12.2 Å². The van der Waals surface area contributed by atoms with Crippen LogP contribution in [0.3, 0.4) is 0 Å². The van der Waals surface area contributed by atoms with E-state index in [-0.39, 0.29) is 0 Å². The summed E-state index contributed by atoms with van der Waals surface area (Å²) in [5.41, 5.74) is 2.48. The predicted molar refractivity (Wildman–Crippen MR) is 73.6 cm³/mol. The standard InChI is InChI=1S/C14H20N4O/c1-18-11-16-17-14(18)7-8-15-9-12-3-5-13(6-4-12)10-19-2/h3-6,11,15H,7-10H2,1-2H3. The third-order valence-corrected chi connectivity index (χ3v) is 2.99. The largest absolute Gasteiger partial charge is 0.380 e. The van der Waals surface area contributed by atoms with Crippen LogP contribution in [0.2, 0.25) is 0 Å². The Balaban J connectivity index is 1.72. The summed E-state index contributed by atoms with van der Waals surface area (Å²) in [6, 6.07) is 8.46. The molecule has 0 aliphatic rings. The second-order valence-electron chi connectivity index (χ2n) is 4.53. The maximum absolute atomic E-state index is 5.09. The summed E-state index contributed by atoms with van der Waals surface area (Å²) in [5, 5.41) is 11.3. The van der Waals surface area contributed by atoms with Gasteiger partial charge in [-0.05, 0) is 11.1 Å². The van der Waals surface area contributed by atoms with Gasteiger partial charge in [0.2, 0.25) is 0 Å². The van der Waals surface area contributed by atoms with Crippen molar-refractivity contribution in [2.24, 2.45) is 7.05 Å². The van der Waals surface area contributed by atoms with E-state index in [0.29, 0.717) is 6.61 Å². The summed E-state index contributed by atoms with van der Waals surface area (Å²) >= 11 is 0. The van der Waals surface area contributed by atoms with Crippen LogP contribution in [0.1, 0.15) is 17.0 Å². The molecule has 102 valence electrons. The Hall–Kier alpha value is -1.72. The number of ether oxygens (including phenoxy) is 1. The zero-order valence-corrected chi connectivity index (χ0v) is 11.5. The highest BCUT2D eigenvalue weighted by Crippen LogP contribution is 2.05. The van der Waals surface area contributed by atoms with E-state index >= 15 is 0 Å². The highest BCUT2D eigenvalue weighted by molar-refractivity contribution is 5.21. The number of aryl methyl sites for hydroxylation is 1. The zero-order valence-electron chi connectivity index (χ0n) is 11.5. The fourth-order valence-electron chi connectivity index (χ4n) is 1.89. The van der Waals surface area contributed by atoms with Gasteiger partial charge in [0, 0.05) is 33.7 Å². The van der Waals surface area contributed by atoms with Crippen molar-refractivity contribution in [1.29, 1.82) is 0 Å². The lowest BCUT2D eigenvalue weighted by molar-refractivity contribution is 0.185. The molecule has 0 atom stereocenters. The van der Waals surface area contributed by atoms with Crippen molar-refractivity contribution >= 4 is 0 Å². The summed E-state index contributed by atoms with van der Waals surface area (Å²) in [6.45, 7) is 2.43. The highest BCUT2D eigenvalue weighted by atomic mass is 16.5. The van der Waals surface area contributed by atoms with Crippen molar-refractivity contribution < 1.29 is 4.74 Å². The average molecular weight is 260 g/mol. The highest BCUT2D eigenvalue weighted by Gasteiger charge is 2.00. The number of benzene rings is 1. The molecular weight excluding hydrogens is 240 g/mol. The number of nitrogens with zero attached hydrogens (tertiary/aromatic N) is 3. The van der Waals surface area contributed by atoms with E-state index in [4.69, 9.17) is 4.74 Å². The molecule has 0 aliphatic heterocycles. The Morgan fingerprint density at radius 2 is 1.95 bits per heavy atom. The van der Waals surface area contributed by atoms with Crippen LogP contribution in [-0.4, -0.2) is 28.4 Å². The average Bonchev–Trinajstić information content (AvgIpc) is 2.83. The zero-order chi connectivity index (χ0) is 13.5. The van der Waals surface area contributed by atoms with E-state index in [1.54, 1.807) is 13.4 Å². The third-order valence-electron chi connectivity index (χ3n) is 2.99. The number of nitrogens with one attached hydrogen (secondary N) is 1. The van der Waals surface area contributed by atoms with Crippen LogP contribution >= 0.6 is 0 Å². The first-order valence-corrected chi connectivity index (χ1v) is 6.40. The molecule has 2 aromatic rings. The van der Waals surface area contributed by atoms with E-state index in [0.717, 1.165) is 25.3 Å². The molecule has 0 spiro atoms. The van der Waals surface area contributed by atoms with Crippen molar-refractivity contribution in [3.8, 4) is 0 Å². The van der Waals surface area contributed by atoms with E-state index in [1.165, 1.54) is 11.1 Å². The van der Waals surface area contributed by atoms with Gasteiger partial charge < -0.3 is 14.6 Å². The van der Waals surface area contributed by atoms with Gasteiger partial charge in [-0.1, -0.05) is 24.3 Å². The summed E-state index contributed by atoms with van der Waals surface area (Å²) in [7, 11) is 3.67. The minimum absolute atomic E-state index is 0.667. The van der Waals surface area contributed by atoms with Crippen LogP contribution < -0.4 is 5.32 Å². The van der Waals surface area contributed by atoms with E-state index in [1.807, 2.05) is 11.6 Å². The first kappa shape index (κ1) is 13.7. The Morgan fingerprint density at radius 1 is 1.21 bits per heavy atom. The molecule has 1 aromatic heterocycles. The van der Waals surface area contributed by atoms with Gasteiger partial charge in [0.25, 0.3) is 0 Å². The molecule has 2 rings (SSSR count). The fourth-order valence-corrected chi connectivity index (χ4v) is 1.89. The van der Waals surface area contributed by atoms with Gasteiger partial charge in [-0.2, -0.15) is 0 Å². The summed E-state index contributed by atoms with van der Waals surface area (Å²) < 4.78 is 7.03. The normalized spacial score (nSPS) is 10.8. The minimum Gasteiger partial charge on any atom is -0.380 e. The molecule has 0 unspecified atom stereocenters. The Bertz CT molecular complexity index is 492. The lowest BCUT2D eigenvalue weighted by Crippen LogP contribution is -2.18. The number of hydrogen-bond donors (Lipinski definition) is 1. The number of aromatic nitrogens is 3. The second kappa shape index (κ2) is 7.01. The number of methoxy groups -OCH3 is 1. The molecule has 5 nitrogen and oxygen atoms in total. The smallest absolute Gasteiger partial charge is 0.133 e. The van der Waals surface area contributed by atoms with Gasteiger partial charge in [0.15, 0.2) is 0 Å². The molecule has 0 amide bonds. The SMILES string of the molecule is COCc1ccc(CNCCc2nncn2C)cc1. The first-order chi connectivity index (χ1) is 9.29. The minimum atomic E-state index is 0.667. The molecule has 19 heavy (non-hydrogen) atoms. The van der Waals surface area contributed by atoms with Crippen LogP contribution in [0.5, 0.6) is 0 Å². The van der Waals surface area contributed by atoms with Gasteiger partial charge in [-0.25, -0.2) is 0 Å². The third kappa shape index (κ3) is 4.15. The van der Waals surface area contributed by atoms with E-state index in [9.17, 15) is 0 Å². The van der Waals surface area contributed by atoms with Gasteiger partial charge in [0.05, 0.1) is 6.61 Å². The van der Waals surface area contributed by atoms with Crippen molar-refractivity contribution in [2.45, 2.75) is 19.6 Å². The van der Waals surface area contributed by atoms with Gasteiger partial charge in [-0.15, -0.1) is 10.2 Å². The lowest BCUT2D eigenvalue weighted by atomic mass is 10.1. The molecule has 1 aromatic carbocycles. The lowest BCUT2D eigenvalue weighted by Gasteiger charge is -2.06. The Labute approximate surface area is 113 Å². The topological polar surface area (TPSA) is 52.0 Å². The Kier molecular flexibility index (Phi) is 5.06. The molecule has 1 heterocycles. The fraction of sp³-hybridized carbons (Fsp3) is 0.429. The number of hydrogen-bond acceptors (Lipinski definition) is 4. The molecule has 0 bridgehead atoms. The van der Waals surface area contributed by atoms with Crippen LogP contribution in [-0.2, 0) is 31.4 Å². The van der Waals surface area contributed by atoms with Crippen molar-refractivity contribution in [2.75, 3.05) is 13.7 Å². The van der Waals surface area contributed by atoms with Gasteiger partial charge in [-0.3, -0.25) is 0 Å². The molecule has 0 saturated carbocycles. The van der Waals surface area contributed by atoms with Crippen molar-refractivity contribution in [1.82, 2.24) is 20.1 Å². The van der Waals surface area contributed by atoms with Crippen molar-refractivity contribution in [3.63, 3.8) is 0 Å². The maximum atomic E-state index is 5.09. The summed E-state index contributed by atoms with van der Waals surface area (Å²) in [6.07, 6.45) is 2.61. The molecule has 5 heteroatoms. The first-order valence-electron chi connectivity index (χ1n) is 6.40. The molecule has 0 fully saturated rings. The number of rotatable bonds is 7. The molecule has 1 N–H and O–H groups in total. The predicted octanol–water partition coefficient (Wildman–Crippen LogP) is 1.29. The van der Waals surface area contributed by atoms with Crippen molar-refractivity contribution in [3.05, 3.63) is 47.5 Å². The Morgan fingerprint density at radius 3 is 2.58 bits per heavy atom. The quantitative estimate of drug-likeness (QED) is 0.762. The van der Waals surface area contributed by atoms with Crippen LogP contribution in [0.15, 0.2) is 30.6 Å². The van der Waals surface area contributed by atoms with E-state index < -0.39 is 0 Å².